The number of rotatable bonds is 5. The molecule has 0 radical (unpaired) electrons. The van der Waals surface area contributed by atoms with Crippen LogP contribution in [0.4, 0.5) is 0 Å². The molecule has 1 heterocycles. The first-order valence-corrected chi connectivity index (χ1v) is 6.29. The van der Waals surface area contributed by atoms with Gasteiger partial charge in [0.2, 0.25) is 5.91 Å². The van der Waals surface area contributed by atoms with E-state index < -0.39 is 11.9 Å². The third-order valence-corrected chi connectivity index (χ3v) is 3.69. The molecule has 5 nitrogen and oxygen atoms in total. The van der Waals surface area contributed by atoms with E-state index in [0.29, 0.717) is 19.6 Å². The Morgan fingerprint density at radius 2 is 2.06 bits per heavy atom. The molecule has 0 bridgehead atoms. The highest BCUT2D eigenvalue weighted by atomic mass is 16.4. The summed E-state index contributed by atoms with van der Waals surface area (Å²) in [5.74, 6) is -0.352. The van der Waals surface area contributed by atoms with Crippen molar-refractivity contribution in [2.45, 2.75) is 19.8 Å². The maximum atomic E-state index is 11.8. The zero-order valence-corrected chi connectivity index (χ0v) is 10.2. The summed E-state index contributed by atoms with van der Waals surface area (Å²) < 4.78 is 0. The van der Waals surface area contributed by atoms with E-state index in [9.17, 15) is 9.59 Å². The number of carbonyl (C=O) groups is 2. The Hall–Kier alpha value is -1.10. The molecule has 2 unspecified atom stereocenters. The molecule has 0 aromatic carbocycles. The summed E-state index contributed by atoms with van der Waals surface area (Å²) >= 11 is 0. The fourth-order valence-corrected chi connectivity index (χ4v) is 2.31. The van der Waals surface area contributed by atoms with E-state index in [2.05, 4.69) is 5.32 Å². The van der Waals surface area contributed by atoms with Gasteiger partial charge < -0.3 is 15.3 Å². The number of carbonyl (C=O) groups excluding carboxylic acids is 1. The van der Waals surface area contributed by atoms with Gasteiger partial charge in [-0.2, -0.15) is 0 Å². The molecule has 17 heavy (non-hydrogen) atoms. The summed E-state index contributed by atoms with van der Waals surface area (Å²) in [5, 5.41) is 12.1. The maximum absolute atomic E-state index is 11.8. The van der Waals surface area contributed by atoms with Crippen LogP contribution in [0.1, 0.15) is 19.8 Å². The number of nitrogens with zero attached hydrogens (tertiary/aromatic N) is 1. The van der Waals surface area contributed by atoms with Crippen LogP contribution in [0.15, 0.2) is 0 Å². The highest BCUT2D eigenvalue weighted by Crippen LogP contribution is 2.27. The molecular weight excluding hydrogens is 220 g/mol. The molecule has 2 fully saturated rings. The lowest BCUT2D eigenvalue weighted by molar-refractivity contribution is -0.142. The Kier molecular flexibility index (Phi) is 3.66. The molecule has 2 rings (SSSR count). The van der Waals surface area contributed by atoms with Gasteiger partial charge in [-0.1, -0.05) is 6.92 Å². The average molecular weight is 240 g/mol. The molecule has 0 spiro atoms. The molecule has 1 aliphatic carbocycles. The predicted molar refractivity (Wildman–Crippen MR) is 62.5 cm³/mol. The third kappa shape index (κ3) is 3.19. The standard InChI is InChI=1S/C12H20N2O3/c1-8-6-14(7-10(8)12(16)17)11(15)5-13-4-9-2-3-9/h8-10,13H,2-7H2,1H3,(H,16,17). The second-order valence-electron chi connectivity index (χ2n) is 5.30. The van der Waals surface area contributed by atoms with Crippen molar-refractivity contribution in [3.05, 3.63) is 0 Å². The van der Waals surface area contributed by atoms with Crippen molar-refractivity contribution in [3.8, 4) is 0 Å². The van der Waals surface area contributed by atoms with Crippen LogP contribution in [-0.4, -0.2) is 48.1 Å². The third-order valence-electron chi connectivity index (χ3n) is 3.69. The predicted octanol–water partition coefficient (Wildman–Crippen LogP) is 0.165. The van der Waals surface area contributed by atoms with E-state index in [1.165, 1.54) is 12.8 Å². The van der Waals surface area contributed by atoms with E-state index in [4.69, 9.17) is 5.11 Å². The van der Waals surface area contributed by atoms with Crippen molar-refractivity contribution in [1.29, 1.82) is 0 Å². The van der Waals surface area contributed by atoms with Gasteiger partial charge in [0, 0.05) is 13.1 Å². The minimum atomic E-state index is -0.793. The van der Waals surface area contributed by atoms with E-state index in [0.717, 1.165) is 12.5 Å². The smallest absolute Gasteiger partial charge is 0.308 e. The molecule has 1 saturated heterocycles. The molecule has 5 heteroatoms. The molecular formula is C12H20N2O3. The SMILES string of the molecule is CC1CN(C(=O)CNCC2CC2)CC1C(=O)O. The van der Waals surface area contributed by atoms with Crippen LogP contribution in [-0.2, 0) is 9.59 Å². The number of carboxylic acid groups (broad SMARTS) is 1. The quantitative estimate of drug-likeness (QED) is 0.718. The van der Waals surface area contributed by atoms with E-state index in [-0.39, 0.29) is 11.8 Å². The number of hydrogen-bond donors (Lipinski definition) is 2. The maximum Gasteiger partial charge on any atom is 0.308 e. The lowest BCUT2D eigenvalue weighted by Gasteiger charge is -2.16. The van der Waals surface area contributed by atoms with E-state index in [1.54, 1.807) is 4.90 Å². The zero-order chi connectivity index (χ0) is 12.4. The lowest BCUT2D eigenvalue weighted by Crippen LogP contribution is -2.37. The monoisotopic (exact) mass is 240 g/mol. The first-order valence-electron chi connectivity index (χ1n) is 6.29. The van der Waals surface area contributed by atoms with Crippen molar-refractivity contribution >= 4 is 11.9 Å². The van der Waals surface area contributed by atoms with Gasteiger partial charge >= 0.3 is 5.97 Å². The summed E-state index contributed by atoms with van der Waals surface area (Å²) in [7, 11) is 0. The number of hydrogen-bond acceptors (Lipinski definition) is 3. The number of amides is 1. The first kappa shape index (κ1) is 12.4. The molecule has 2 N–H and O–H groups in total. The second-order valence-corrected chi connectivity index (χ2v) is 5.30. The Bertz CT molecular complexity index is 315. The van der Waals surface area contributed by atoms with Gasteiger partial charge in [0.15, 0.2) is 0 Å². The minimum absolute atomic E-state index is 0.0289. The molecule has 0 aromatic heterocycles. The van der Waals surface area contributed by atoms with Crippen LogP contribution >= 0.6 is 0 Å². The highest BCUT2D eigenvalue weighted by Gasteiger charge is 2.36. The van der Waals surface area contributed by atoms with Gasteiger partial charge in [-0.15, -0.1) is 0 Å². The fraction of sp³-hybridized carbons (Fsp3) is 0.833. The summed E-state index contributed by atoms with van der Waals surface area (Å²) in [4.78, 5) is 24.4. The van der Waals surface area contributed by atoms with Crippen LogP contribution < -0.4 is 5.32 Å². The van der Waals surface area contributed by atoms with Gasteiger partial charge in [-0.25, -0.2) is 0 Å². The van der Waals surface area contributed by atoms with E-state index >= 15 is 0 Å². The minimum Gasteiger partial charge on any atom is -0.481 e. The molecule has 1 saturated carbocycles. The fourth-order valence-electron chi connectivity index (χ4n) is 2.31. The molecule has 2 atom stereocenters. The van der Waals surface area contributed by atoms with Crippen LogP contribution in [0, 0.1) is 17.8 Å². The van der Waals surface area contributed by atoms with Crippen LogP contribution in [0.5, 0.6) is 0 Å². The number of aliphatic carboxylic acids is 1. The molecule has 1 aliphatic heterocycles. The van der Waals surface area contributed by atoms with Crippen molar-refractivity contribution in [1.82, 2.24) is 10.2 Å². The number of carboxylic acids is 1. The van der Waals surface area contributed by atoms with Gasteiger partial charge in [-0.3, -0.25) is 9.59 Å². The van der Waals surface area contributed by atoms with Crippen LogP contribution in [0.3, 0.4) is 0 Å². The summed E-state index contributed by atoms with van der Waals surface area (Å²) in [6, 6.07) is 0. The van der Waals surface area contributed by atoms with Crippen LogP contribution in [0.2, 0.25) is 0 Å². The average Bonchev–Trinajstić information content (AvgIpc) is 2.99. The van der Waals surface area contributed by atoms with Gasteiger partial charge in [0.25, 0.3) is 0 Å². The second kappa shape index (κ2) is 5.04. The van der Waals surface area contributed by atoms with Crippen molar-refractivity contribution in [2.75, 3.05) is 26.2 Å². The van der Waals surface area contributed by atoms with Crippen molar-refractivity contribution in [3.63, 3.8) is 0 Å². The van der Waals surface area contributed by atoms with Gasteiger partial charge in [0.1, 0.15) is 0 Å². The molecule has 0 aromatic rings. The zero-order valence-electron chi connectivity index (χ0n) is 10.2. The topological polar surface area (TPSA) is 69.6 Å². The molecule has 1 amide bonds. The normalized spacial score (nSPS) is 28.4. The number of nitrogens with one attached hydrogen (secondary N) is 1. The van der Waals surface area contributed by atoms with E-state index in [1.807, 2.05) is 6.92 Å². The Morgan fingerprint density at radius 1 is 1.35 bits per heavy atom. The highest BCUT2D eigenvalue weighted by molar-refractivity contribution is 5.80. The Balaban J connectivity index is 1.73. The van der Waals surface area contributed by atoms with Gasteiger partial charge in [-0.05, 0) is 31.2 Å². The molecule has 96 valence electrons. The van der Waals surface area contributed by atoms with Crippen LogP contribution in [0.25, 0.3) is 0 Å². The summed E-state index contributed by atoms with van der Waals surface area (Å²) in [5.41, 5.74) is 0. The van der Waals surface area contributed by atoms with Gasteiger partial charge in [0.05, 0.1) is 12.5 Å². The Morgan fingerprint density at radius 3 is 2.59 bits per heavy atom. The largest absolute Gasteiger partial charge is 0.481 e. The summed E-state index contributed by atoms with van der Waals surface area (Å²) in [6.45, 7) is 4.08. The molecule has 2 aliphatic rings. The first-order chi connectivity index (χ1) is 8.08. The van der Waals surface area contributed by atoms with Crippen molar-refractivity contribution in [2.24, 2.45) is 17.8 Å². The Labute approximate surface area is 101 Å². The van der Waals surface area contributed by atoms with Crippen molar-refractivity contribution < 1.29 is 14.7 Å². The lowest BCUT2D eigenvalue weighted by atomic mass is 9.99. The number of likely N-dealkylation sites (tertiary alicyclic amines) is 1. The summed E-state index contributed by atoms with van der Waals surface area (Å²) in [6.07, 6.45) is 2.53.